The zero-order valence-corrected chi connectivity index (χ0v) is 14.5. The summed E-state index contributed by atoms with van der Waals surface area (Å²) in [4.78, 5) is 20.7. The number of rotatable bonds is 5. The fourth-order valence-corrected chi connectivity index (χ4v) is 3.20. The smallest absolute Gasteiger partial charge is 0.234 e. The third-order valence-electron chi connectivity index (χ3n) is 3.81. The second-order valence-corrected chi connectivity index (χ2v) is 6.51. The van der Waals surface area contributed by atoms with Crippen molar-refractivity contribution in [3.8, 4) is 11.4 Å². The van der Waals surface area contributed by atoms with E-state index in [0.717, 1.165) is 22.0 Å². The molecule has 0 fully saturated rings. The van der Waals surface area contributed by atoms with Gasteiger partial charge in [0, 0.05) is 29.0 Å². The number of anilines is 1. The summed E-state index contributed by atoms with van der Waals surface area (Å²) in [5, 5.41) is 12.6. The maximum absolute atomic E-state index is 12.3. The van der Waals surface area contributed by atoms with Crippen LogP contribution in [0.5, 0.6) is 0 Å². The lowest BCUT2D eigenvalue weighted by Gasteiger charge is -2.08. The van der Waals surface area contributed by atoms with Gasteiger partial charge in [0.25, 0.3) is 0 Å². The normalized spacial score (nSPS) is 10.8. The second kappa shape index (κ2) is 7.37. The first-order valence-corrected chi connectivity index (χ1v) is 9.01. The van der Waals surface area contributed by atoms with Gasteiger partial charge in [-0.3, -0.25) is 14.9 Å². The average Bonchev–Trinajstić information content (AvgIpc) is 3.17. The Bertz CT molecular complexity index is 1040. The van der Waals surface area contributed by atoms with E-state index < -0.39 is 0 Å². The van der Waals surface area contributed by atoms with Gasteiger partial charge in [-0.2, -0.15) is 0 Å². The third-order valence-corrected chi connectivity index (χ3v) is 4.66. The van der Waals surface area contributed by atoms with Crippen LogP contribution >= 0.6 is 11.8 Å². The standard InChI is InChI=1S/C19H15N5OS/c25-17(21-16-7-3-5-13-4-1-2-6-15(13)16)12-26-19-22-18(23-24-19)14-8-10-20-11-9-14/h1-11H,12H2,(H,21,25)(H,22,23,24). The molecule has 0 saturated heterocycles. The molecular formula is C19H15N5OS. The molecule has 0 spiro atoms. The van der Waals surface area contributed by atoms with E-state index in [-0.39, 0.29) is 11.7 Å². The number of carbonyl (C=O) groups is 1. The number of hydrogen-bond acceptors (Lipinski definition) is 5. The van der Waals surface area contributed by atoms with Crippen molar-refractivity contribution in [1.82, 2.24) is 20.2 Å². The topological polar surface area (TPSA) is 83.6 Å². The third kappa shape index (κ3) is 3.57. The van der Waals surface area contributed by atoms with Crippen LogP contribution in [-0.2, 0) is 4.79 Å². The van der Waals surface area contributed by atoms with Crippen molar-refractivity contribution in [2.75, 3.05) is 11.1 Å². The van der Waals surface area contributed by atoms with Gasteiger partial charge in [-0.1, -0.05) is 48.2 Å². The zero-order chi connectivity index (χ0) is 17.8. The number of thioether (sulfide) groups is 1. The van der Waals surface area contributed by atoms with Crippen molar-refractivity contribution in [2.45, 2.75) is 5.16 Å². The molecule has 0 atom stereocenters. The molecule has 0 unspecified atom stereocenters. The first-order valence-electron chi connectivity index (χ1n) is 8.03. The number of nitrogens with zero attached hydrogens (tertiary/aromatic N) is 3. The van der Waals surface area contributed by atoms with Crippen LogP contribution in [0.4, 0.5) is 5.69 Å². The molecule has 7 heteroatoms. The molecule has 0 radical (unpaired) electrons. The number of benzene rings is 2. The summed E-state index contributed by atoms with van der Waals surface area (Å²) < 4.78 is 0. The van der Waals surface area contributed by atoms with E-state index in [1.54, 1.807) is 12.4 Å². The molecule has 0 aliphatic rings. The number of nitrogens with one attached hydrogen (secondary N) is 2. The van der Waals surface area contributed by atoms with Gasteiger partial charge in [-0.15, -0.1) is 5.10 Å². The Balaban J connectivity index is 1.41. The van der Waals surface area contributed by atoms with E-state index in [2.05, 4.69) is 25.5 Å². The summed E-state index contributed by atoms with van der Waals surface area (Å²) in [5.74, 6) is 0.794. The first kappa shape index (κ1) is 16.3. The fourth-order valence-electron chi connectivity index (χ4n) is 2.60. The van der Waals surface area contributed by atoms with Crippen molar-refractivity contribution >= 4 is 34.1 Å². The predicted molar refractivity (Wildman–Crippen MR) is 103 cm³/mol. The maximum atomic E-state index is 12.3. The van der Waals surface area contributed by atoms with Crippen molar-refractivity contribution in [3.05, 3.63) is 67.0 Å². The molecular weight excluding hydrogens is 346 g/mol. The van der Waals surface area contributed by atoms with Crippen LogP contribution in [0.25, 0.3) is 22.2 Å². The maximum Gasteiger partial charge on any atom is 0.234 e. The van der Waals surface area contributed by atoms with Crippen molar-refractivity contribution in [1.29, 1.82) is 0 Å². The Kier molecular flexibility index (Phi) is 4.61. The Morgan fingerprint density at radius 2 is 1.85 bits per heavy atom. The molecule has 128 valence electrons. The SMILES string of the molecule is O=C(CSc1n[nH]c(-c2ccncc2)n1)Nc1cccc2ccccc12. The molecule has 4 rings (SSSR count). The second-order valence-electron chi connectivity index (χ2n) is 5.57. The lowest BCUT2D eigenvalue weighted by atomic mass is 10.1. The minimum Gasteiger partial charge on any atom is -0.325 e. The minimum absolute atomic E-state index is 0.0957. The number of aromatic nitrogens is 4. The van der Waals surface area contributed by atoms with E-state index in [4.69, 9.17) is 0 Å². The number of fused-ring (bicyclic) bond motifs is 1. The lowest BCUT2D eigenvalue weighted by molar-refractivity contribution is -0.113. The van der Waals surface area contributed by atoms with E-state index >= 15 is 0 Å². The van der Waals surface area contributed by atoms with Crippen LogP contribution in [0, 0.1) is 0 Å². The quantitative estimate of drug-likeness (QED) is 0.529. The van der Waals surface area contributed by atoms with E-state index in [0.29, 0.717) is 11.0 Å². The molecule has 1 amide bonds. The highest BCUT2D eigenvalue weighted by atomic mass is 32.2. The Hall–Kier alpha value is -3.19. The molecule has 2 heterocycles. The number of amides is 1. The molecule has 6 nitrogen and oxygen atoms in total. The van der Waals surface area contributed by atoms with Crippen molar-refractivity contribution in [2.24, 2.45) is 0 Å². The average molecular weight is 361 g/mol. The van der Waals surface area contributed by atoms with Crippen LogP contribution in [0.1, 0.15) is 0 Å². The Labute approximate surface area is 154 Å². The Morgan fingerprint density at radius 3 is 2.73 bits per heavy atom. The molecule has 0 aliphatic carbocycles. The highest BCUT2D eigenvalue weighted by molar-refractivity contribution is 7.99. The summed E-state index contributed by atoms with van der Waals surface area (Å²) in [6, 6.07) is 17.5. The van der Waals surface area contributed by atoms with E-state index in [1.807, 2.05) is 54.6 Å². The molecule has 26 heavy (non-hydrogen) atoms. The fraction of sp³-hybridized carbons (Fsp3) is 0.0526. The van der Waals surface area contributed by atoms with Gasteiger partial charge in [0.05, 0.1) is 5.75 Å². The number of carbonyl (C=O) groups excluding carboxylic acids is 1. The summed E-state index contributed by atoms with van der Waals surface area (Å²) in [7, 11) is 0. The van der Waals surface area contributed by atoms with Crippen LogP contribution in [-0.4, -0.2) is 31.8 Å². The number of H-pyrrole nitrogens is 1. The Morgan fingerprint density at radius 1 is 1.04 bits per heavy atom. The van der Waals surface area contributed by atoms with Crippen molar-refractivity contribution < 1.29 is 4.79 Å². The highest BCUT2D eigenvalue weighted by Gasteiger charge is 2.10. The van der Waals surface area contributed by atoms with Crippen LogP contribution < -0.4 is 5.32 Å². The highest BCUT2D eigenvalue weighted by Crippen LogP contribution is 2.24. The number of hydrogen-bond donors (Lipinski definition) is 2. The molecule has 2 N–H and O–H groups in total. The minimum atomic E-state index is -0.0957. The van der Waals surface area contributed by atoms with Gasteiger partial charge in [-0.25, -0.2) is 4.98 Å². The monoisotopic (exact) mass is 361 g/mol. The summed E-state index contributed by atoms with van der Waals surface area (Å²) in [5.41, 5.74) is 1.71. The van der Waals surface area contributed by atoms with Gasteiger partial charge in [-0.05, 0) is 23.6 Å². The molecule has 2 aromatic carbocycles. The first-order chi connectivity index (χ1) is 12.8. The van der Waals surface area contributed by atoms with Gasteiger partial charge in [0.1, 0.15) is 0 Å². The van der Waals surface area contributed by atoms with E-state index in [9.17, 15) is 4.79 Å². The van der Waals surface area contributed by atoms with Gasteiger partial charge in [0.2, 0.25) is 11.1 Å². The molecule has 2 aromatic heterocycles. The van der Waals surface area contributed by atoms with Gasteiger partial charge in [0.15, 0.2) is 5.82 Å². The largest absolute Gasteiger partial charge is 0.325 e. The molecule has 0 saturated carbocycles. The predicted octanol–water partition coefficient (Wildman–Crippen LogP) is 3.75. The van der Waals surface area contributed by atoms with Crippen LogP contribution in [0.15, 0.2) is 72.1 Å². The van der Waals surface area contributed by atoms with Gasteiger partial charge < -0.3 is 5.32 Å². The summed E-state index contributed by atoms with van der Waals surface area (Å²) >= 11 is 1.29. The molecule has 4 aromatic rings. The zero-order valence-electron chi connectivity index (χ0n) is 13.7. The van der Waals surface area contributed by atoms with Crippen LogP contribution in [0.2, 0.25) is 0 Å². The number of aromatic amines is 1. The van der Waals surface area contributed by atoms with E-state index in [1.165, 1.54) is 11.8 Å². The lowest BCUT2D eigenvalue weighted by Crippen LogP contribution is -2.14. The van der Waals surface area contributed by atoms with Crippen LogP contribution in [0.3, 0.4) is 0 Å². The number of pyridine rings is 1. The molecule has 0 aliphatic heterocycles. The summed E-state index contributed by atoms with van der Waals surface area (Å²) in [6.45, 7) is 0. The molecule has 0 bridgehead atoms. The summed E-state index contributed by atoms with van der Waals surface area (Å²) in [6.07, 6.45) is 3.39. The van der Waals surface area contributed by atoms with Gasteiger partial charge >= 0.3 is 0 Å². The van der Waals surface area contributed by atoms with Crippen molar-refractivity contribution in [3.63, 3.8) is 0 Å².